The molecule has 3 rings (SSSR count). The van der Waals surface area contributed by atoms with Crippen LogP contribution in [0.2, 0.25) is 0 Å². The summed E-state index contributed by atoms with van der Waals surface area (Å²) in [6.07, 6.45) is 5.88. The van der Waals surface area contributed by atoms with Gasteiger partial charge in [0.05, 0.1) is 0 Å². The monoisotopic (exact) mass is 355 g/mol. The maximum atomic E-state index is 5.96. The Balaban J connectivity index is 1.39. The van der Waals surface area contributed by atoms with Crippen molar-refractivity contribution in [3.8, 4) is 5.75 Å². The number of hydrogen-bond donors (Lipinski definition) is 1. The van der Waals surface area contributed by atoms with Crippen LogP contribution in [-0.2, 0) is 17.8 Å². The Kier molecular flexibility index (Phi) is 7.43. The fourth-order valence-corrected chi connectivity index (χ4v) is 3.21. The number of likely N-dealkylation sites (N-methyl/N-ethyl adjacent to an activating group) is 1. The molecule has 1 aliphatic heterocycles. The summed E-state index contributed by atoms with van der Waals surface area (Å²) in [6.45, 7) is 5.07. The Morgan fingerprint density at radius 3 is 2.69 bits per heavy atom. The normalized spacial score (nSPS) is 15.3. The fraction of sp³-hybridized carbons (Fsp3) is 0.476. The van der Waals surface area contributed by atoms with Crippen molar-refractivity contribution in [2.24, 2.45) is 0 Å². The molecule has 0 spiro atoms. The summed E-state index contributed by atoms with van der Waals surface area (Å²) in [6, 6.07) is 13.0. The van der Waals surface area contributed by atoms with Crippen molar-refractivity contribution in [3.05, 3.63) is 59.9 Å². The molecule has 0 aliphatic carbocycles. The fourth-order valence-electron chi connectivity index (χ4n) is 3.21. The molecule has 1 aromatic carbocycles. The molecule has 5 heteroatoms. The van der Waals surface area contributed by atoms with Gasteiger partial charge >= 0.3 is 0 Å². The summed E-state index contributed by atoms with van der Waals surface area (Å²) >= 11 is 0. The number of ether oxygens (including phenoxy) is 2. The van der Waals surface area contributed by atoms with Crippen molar-refractivity contribution in [2.45, 2.75) is 32.0 Å². The standard InChI is InChI=1S/C21H29N3O2/c1-24(20-7-12-25-13-8-20)11-14-26-21-4-2-3-19(15-21)17-23-16-18-5-9-22-10-6-18/h2-6,9-10,15,20,23H,7-8,11-14,16-17H2,1H3. The second-order valence-corrected chi connectivity index (χ2v) is 6.78. The van der Waals surface area contributed by atoms with Crippen LogP contribution >= 0.6 is 0 Å². The molecule has 0 amide bonds. The van der Waals surface area contributed by atoms with Crippen LogP contribution in [0.4, 0.5) is 0 Å². The lowest BCUT2D eigenvalue weighted by atomic mass is 10.1. The Morgan fingerprint density at radius 1 is 1.12 bits per heavy atom. The van der Waals surface area contributed by atoms with Gasteiger partial charge in [-0.3, -0.25) is 9.88 Å². The lowest BCUT2D eigenvalue weighted by Crippen LogP contribution is -2.38. The number of pyridine rings is 1. The average Bonchev–Trinajstić information content (AvgIpc) is 2.70. The zero-order valence-electron chi connectivity index (χ0n) is 15.6. The SMILES string of the molecule is CN(CCOc1cccc(CNCc2ccncc2)c1)C1CCOCC1. The number of benzene rings is 1. The second kappa shape index (κ2) is 10.3. The van der Waals surface area contributed by atoms with Crippen LogP contribution in [0, 0.1) is 0 Å². The van der Waals surface area contributed by atoms with Gasteiger partial charge in [0, 0.05) is 51.3 Å². The second-order valence-electron chi connectivity index (χ2n) is 6.78. The maximum absolute atomic E-state index is 5.96. The van der Waals surface area contributed by atoms with Crippen molar-refractivity contribution >= 4 is 0 Å². The number of nitrogens with zero attached hydrogens (tertiary/aromatic N) is 2. The minimum absolute atomic E-state index is 0.621. The van der Waals surface area contributed by atoms with Crippen molar-refractivity contribution in [1.82, 2.24) is 15.2 Å². The van der Waals surface area contributed by atoms with Crippen LogP contribution in [0.1, 0.15) is 24.0 Å². The predicted octanol–water partition coefficient (Wildman–Crippen LogP) is 2.86. The molecular weight excluding hydrogens is 326 g/mol. The van der Waals surface area contributed by atoms with Crippen LogP contribution in [-0.4, -0.2) is 49.3 Å². The van der Waals surface area contributed by atoms with Gasteiger partial charge in [0.15, 0.2) is 0 Å². The van der Waals surface area contributed by atoms with Crippen LogP contribution in [0.15, 0.2) is 48.8 Å². The molecule has 1 fully saturated rings. The molecule has 0 atom stereocenters. The molecule has 0 saturated carbocycles. The topological polar surface area (TPSA) is 46.6 Å². The van der Waals surface area contributed by atoms with Gasteiger partial charge in [-0.05, 0) is 55.3 Å². The van der Waals surface area contributed by atoms with Crippen molar-refractivity contribution in [3.63, 3.8) is 0 Å². The van der Waals surface area contributed by atoms with E-state index >= 15 is 0 Å². The van der Waals surface area contributed by atoms with E-state index in [0.29, 0.717) is 12.6 Å². The van der Waals surface area contributed by atoms with Crippen LogP contribution in [0.25, 0.3) is 0 Å². The molecule has 1 aromatic heterocycles. The smallest absolute Gasteiger partial charge is 0.119 e. The highest BCUT2D eigenvalue weighted by atomic mass is 16.5. The predicted molar refractivity (Wildman–Crippen MR) is 103 cm³/mol. The van der Waals surface area contributed by atoms with Crippen LogP contribution in [0.3, 0.4) is 0 Å². The Labute approximate surface area is 156 Å². The zero-order valence-corrected chi connectivity index (χ0v) is 15.6. The van der Waals surface area contributed by atoms with Crippen molar-refractivity contribution in [2.75, 3.05) is 33.4 Å². The number of rotatable bonds is 9. The molecule has 0 radical (unpaired) electrons. The molecule has 1 N–H and O–H groups in total. The molecule has 1 saturated heterocycles. The number of hydrogen-bond acceptors (Lipinski definition) is 5. The highest BCUT2D eigenvalue weighted by Gasteiger charge is 2.17. The van der Waals surface area contributed by atoms with Gasteiger partial charge in [-0.25, -0.2) is 0 Å². The zero-order chi connectivity index (χ0) is 18.0. The van der Waals surface area contributed by atoms with Gasteiger partial charge in [-0.2, -0.15) is 0 Å². The third-order valence-corrected chi connectivity index (χ3v) is 4.83. The summed E-state index contributed by atoms with van der Waals surface area (Å²) < 4.78 is 11.4. The molecule has 0 unspecified atom stereocenters. The van der Waals surface area contributed by atoms with Gasteiger partial charge in [0.1, 0.15) is 12.4 Å². The third-order valence-electron chi connectivity index (χ3n) is 4.83. The largest absolute Gasteiger partial charge is 0.492 e. The number of aromatic nitrogens is 1. The summed E-state index contributed by atoms with van der Waals surface area (Å²) in [5.41, 5.74) is 2.47. The van der Waals surface area contributed by atoms with Crippen molar-refractivity contribution < 1.29 is 9.47 Å². The summed E-state index contributed by atoms with van der Waals surface area (Å²) in [7, 11) is 2.18. The summed E-state index contributed by atoms with van der Waals surface area (Å²) in [4.78, 5) is 6.43. The van der Waals surface area contributed by atoms with E-state index in [2.05, 4.69) is 40.4 Å². The van der Waals surface area contributed by atoms with Gasteiger partial charge in [0.25, 0.3) is 0 Å². The van der Waals surface area contributed by atoms with Gasteiger partial charge < -0.3 is 14.8 Å². The summed E-state index contributed by atoms with van der Waals surface area (Å²) in [5, 5.41) is 3.46. The van der Waals surface area contributed by atoms with Gasteiger partial charge in [-0.1, -0.05) is 12.1 Å². The van der Waals surface area contributed by atoms with E-state index < -0.39 is 0 Å². The van der Waals surface area contributed by atoms with E-state index in [0.717, 1.165) is 51.4 Å². The summed E-state index contributed by atoms with van der Waals surface area (Å²) in [5.74, 6) is 0.939. The van der Waals surface area contributed by atoms with Gasteiger partial charge in [0.2, 0.25) is 0 Å². The Morgan fingerprint density at radius 2 is 1.88 bits per heavy atom. The van der Waals surface area contributed by atoms with E-state index in [1.807, 2.05) is 30.6 Å². The first-order chi connectivity index (χ1) is 12.8. The van der Waals surface area contributed by atoms with Crippen LogP contribution < -0.4 is 10.1 Å². The van der Waals surface area contributed by atoms with Crippen molar-refractivity contribution in [1.29, 1.82) is 0 Å². The third kappa shape index (κ3) is 6.09. The van der Waals surface area contributed by atoms with E-state index in [9.17, 15) is 0 Å². The molecule has 5 nitrogen and oxygen atoms in total. The molecule has 0 bridgehead atoms. The molecule has 1 aliphatic rings. The first kappa shape index (κ1) is 18.8. The first-order valence-electron chi connectivity index (χ1n) is 9.40. The van der Waals surface area contributed by atoms with Gasteiger partial charge in [-0.15, -0.1) is 0 Å². The first-order valence-corrected chi connectivity index (χ1v) is 9.40. The van der Waals surface area contributed by atoms with Crippen LogP contribution in [0.5, 0.6) is 5.75 Å². The quantitative estimate of drug-likeness (QED) is 0.749. The minimum atomic E-state index is 0.621. The van der Waals surface area contributed by atoms with E-state index in [-0.39, 0.29) is 0 Å². The highest BCUT2D eigenvalue weighted by Crippen LogP contribution is 2.15. The lowest BCUT2D eigenvalue weighted by Gasteiger charge is -2.31. The Hall–Kier alpha value is -1.95. The molecule has 26 heavy (non-hydrogen) atoms. The van der Waals surface area contributed by atoms with E-state index in [1.54, 1.807) is 0 Å². The minimum Gasteiger partial charge on any atom is -0.492 e. The maximum Gasteiger partial charge on any atom is 0.119 e. The molecule has 140 valence electrons. The molecular formula is C21H29N3O2. The highest BCUT2D eigenvalue weighted by molar-refractivity contribution is 5.28. The number of nitrogens with one attached hydrogen (secondary N) is 1. The molecule has 2 aromatic rings. The van der Waals surface area contributed by atoms with E-state index in [4.69, 9.17) is 9.47 Å². The molecule has 2 heterocycles. The lowest BCUT2D eigenvalue weighted by molar-refractivity contribution is 0.0392. The van der Waals surface area contributed by atoms with E-state index in [1.165, 1.54) is 11.1 Å². The Bertz CT molecular complexity index is 645. The average molecular weight is 355 g/mol.